The van der Waals surface area contributed by atoms with Crippen molar-refractivity contribution in [1.29, 1.82) is 0 Å². The van der Waals surface area contributed by atoms with E-state index in [1.807, 2.05) is 0 Å². The Balaban J connectivity index is 2.04. The lowest BCUT2D eigenvalue weighted by atomic mass is 9.92. The fourth-order valence-corrected chi connectivity index (χ4v) is 1.93. The van der Waals surface area contributed by atoms with E-state index < -0.39 is 0 Å². The normalized spacial score (nSPS) is 12.1. The van der Waals surface area contributed by atoms with Crippen molar-refractivity contribution in [2.75, 3.05) is 33.2 Å². The van der Waals surface area contributed by atoms with Gasteiger partial charge in [0.1, 0.15) is 0 Å². The van der Waals surface area contributed by atoms with Crippen molar-refractivity contribution in [2.24, 2.45) is 5.41 Å². The molecule has 0 spiro atoms. The minimum Gasteiger partial charge on any atom is -0.315 e. The number of benzene rings is 1. The fourth-order valence-electron chi connectivity index (χ4n) is 1.93. The minimum atomic E-state index is 0.437. The van der Waals surface area contributed by atoms with Crippen molar-refractivity contribution in [3.8, 4) is 0 Å². The lowest BCUT2D eigenvalue weighted by Gasteiger charge is -2.20. The van der Waals surface area contributed by atoms with Gasteiger partial charge in [0.05, 0.1) is 0 Å². The van der Waals surface area contributed by atoms with Gasteiger partial charge in [-0.15, -0.1) is 0 Å². The van der Waals surface area contributed by atoms with Crippen LogP contribution >= 0.6 is 0 Å². The summed E-state index contributed by atoms with van der Waals surface area (Å²) >= 11 is 0. The van der Waals surface area contributed by atoms with Crippen LogP contribution in [0.4, 0.5) is 0 Å². The molecule has 1 aromatic rings. The molecule has 0 atom stereocenters. The molecule has 0 aliphatic heterocycles. The monoisotopic (exact) mass is 262 g/mol. The molecule has 0 fully saturated rings. The summed E-state index contributed by atoms with van der Waals surface area (Å²) in [6.07, 6.45) is 2.38. The molecule has 0 aromatic heterocycles. The van der Waals surface area contributed by atoms with Gasteiger partial charge in [0.15, 0.2) is 0 Å². The smallest absolute Gasteiger partial charge is 0.0104 e. The average Bonchev–Trinajstić information content (AvgIpc) is 2.36. The molecular weight excluding hydrogens is 232 g/mol. The molecule has 19 heavy (non-hydrogen) atoms. The largest absolute Gasteiger partial charge is 0.315 e. The van der Waals surface area contributed by atoms with Gasteiger partial charge in [-0.3, -0.25) is 0 Å². The maximum Gasteiger partial charge on any atom is 0.0104 e. The Morgan fingerprint density at radius 3 is 2.32 bits per heavy atom. The van der Waals surface area contributed by atoms with Crippen molar-refractivity contribution >= 4 is 0 Å². The summed E-state index contributed by atoms with van der Waals surface area (Å²) in [6, 6.07) is 10.7. The highest BCUT2D eigenvalue weighted by Crippen LogP contribution is 2.16. The third kappa shape index (κ3) is 8.79. The van der Waals surface area contributed by atoms with Gasteiger partial charge in [-0.1, -0.05) is 51.1 Å². The lowest BCUT2D eigenvalue weighted by molar-refractivity contribution is 0.323. The molecule has 0 radical (unpaired) electrons. The van der Waals surface area contributed by atoms with Crippen molar-refractivity contribution < 1.29 is 0 Å². The maximum atomic E-state index is 3.53. The van der Waals surface area contributed by atoms with E-state index in [-0.39, 0.29) is 0 Å². The lowest BCUT2D eigenvalue weighted by Crippen LogP contribution is -2.32. The molecule has 1 rings (SSSR count). The van der Waals surface area contributed by atoms with Crippen LogP contribution in [-0.4, -0.2) is 38.1 Å². The zero-order valence-electron chi connectivity index (χ0n) is 13.1. The minimum absolute atomic E-state index is 0.437. The van der Waals surface area contributed by atoms with Crippen LogP contribution in [0.25, 0.3) is 0 Å². The molecule has 0 aliphatic rings. The van der Waals surface area contributed by atoms with Crippen molar-refractivity contribution in [3.63, 3.8) is 0 Å². The second-order valence-corrected chi connectivity index (χ2v) is 6.60. The van der Waals surface area contributed by atoms with E-state index in [9.17, 15) is 0 Å². The number of likely N-dealkylation sites (N-methyl/N-ethyl adjacent to an activating group) is 1. The summed E-state index contributed by atoms with van der Waals surface area (Å²) < 4.78 is 0. The van der Waals surface area contributed by atoms with Crippen LogP contribution in [0.5, 0.6) is 0 Å². The zero-order valence-corrected chi connectivity index (χ0v) is 13.1. The first-order valence-corrected chi connectivity index (χ1v) is 7.40. The van der Waals surface area contributed by atoms with E-state index in [1.165, 1.54) is 12.0 Å². The van der Waals surface area contributed by atoms with Gasteiger partial charge in [0, 0.05) is 19.6 Å². The zero-order chi connectivity index (χ0) is 14.1. The van der Waals surface area contributed by atoms with Crippen molar-refractivity contribution in [1.82, 2.24) is 10.2 Å². The number of hydrogen-bond acceptors (Lipinski definition) is 2. The highest BCUT2D eigenvalue weighted by molar-refractivity contribution is 5.14. The molecule has 0 amide bonds. The third-order valence-electron chi connectivity index (χ3n) is 3.35. The molecule has 0 saturated carbocycles. The molecule has 0 bridgehead atoms. The van der Waals surface area contributed by atoms with Crippen LogP contribution in [0.15, 0.2) is 30.3 Å². The van der Waals surface area contributed by atoms with Crippen LogP contribution in [0, 0.1) is 5.41 Å². The predicted octanol–water partition coefficient (Wildman–Crippen LogP) is 3.19. The van der Waals surface area contributed by atoms with Gasteiger partial charge in [0.25, 0.3) is 0 Å². The number of nitrogens with one attached hydrogen (secondary N) is 1. The molecule has 1 aromatic carbocycles. The van der Waals surface area contributed by atoms with E-state index in [4.69, 9.17) is 0 Å². The molecule has 0 heterocycles. The highest BCUT2D eigenvalue weighted by atomic mass is 15.1. The molecular formula is C17H30N2. The SMILES string of the molecule is CN(CCNCCC(C)(C)C)CCc1ccccc1. The van der Waals surface area contributed by atoms with E-state index in [0.29, 0.717) is 5.41 Å². The average molecular weight is 262 g/mol. The Kier molecular flexibility index (Phi) is 7.11. The Morgan fingerprint density at radius 2 is 1.68 bits per heavy atom. The first-order chi connectivity index (χ1) is 8.97. The van der Waals surface area contributed by atoms with E-state index in [1.54, 1.807) is 0 Å². The fraction of sp³-hybridized carbons (Fsp3) is 0.647. The van der Waals surface area contributed by atoms with Gasteiger partial charge in [-0.25, -0.2) is 0 Å². The van der Waals surface area contributed by atoms with E-state index in [0.717, 1.165) is 32.6 Å². The van der Waals surface area contributed by atoms with Crippen LogP contribution in [0.3, 0.4) is 0 Å². The molecule has 108 valence electrons. The predicted molar refractivity (Wildman–Crippen MR) is 84.6 cm³/mol. The Morgan fingerprint density at radius 1 is 1.00 bits per heavy atom. The Labute approximate surface area is 119 Å². The van der Waals surface area contributed by atoms with Gasteiger partial charge >= 0.3 is 0 Å². The first kappa shape index (κ1) is 16.2. The molecule has 2 heteroatoms. The van der Waals surface area contributed by atoms with Gasteiger partial charge < -0.3 is 10.2 Å². The van der Waals surface area contributed by atoms with Crippen LogP contribution < -0.4 is 5.32 Å². The maximum absolute atomic E-state index is 3.53. The van der Waals surface area contributed by atoms with E-state index in [2.05, 4.69) is 68.4 Å². The number of nitrogens with zero attached hydrogens (tertiary/aromatic N) is 1. The first-order valence-electron chi connectivity index (χ1n) is 7.40. The van der Waals surface area contributed by atoms with Crippen LogP contribution in [-0.2, 0) is 6.42 Å². The van der Waals surface area contributed by atoms with Gasteiger partial charge in [-0.05, 0) is 37.4 Å². The summed E-state index contributed by atoms with van der Waals surface area (Å²) in [5, 5.41) is 3.53. The molecule has 0 aliphatic carbocycles. The second kappa shape index (κ2) is 8.34. The van der Waals surface area contributed by atoms with Crippen LogP contribution in [0.1, 0.15) is 32.8 Å². The van der Waals surface area contributed by atoms with Crippen molar-refractivity contribution in [3.05, 3.63) is 35.9 Å². The molecule has 0 unspecified atom stereocenters. The summed E-state index contributed by atoms with van der Waals surface area (Å²) in [7, 11) is 2.20. The van der Waals surface area contributed by atoms with E-state index >= 15 is 0 Å². The summed E-state index contributed by atoms with van der Waals surface area (Å²) in [5.41, 5.74) is 1.86. The van der Waals surface area contributed by atoms with Gasteiger partial charge in [0.2, 0.25) is 0 Å². The van der Waals surface area contributed by atoms with Crippen LogP contribution in [0.2, 0.25) is 0 Å². The second-order valence-electron chi connectivity index (χ2n) is 6.60. The Hall–Kier alpha value is -0.860. The topological polar surface area (TPSA) is 15.3 Å². The summed E-state index contributed by atoms with van der Waals surface area (Å²) in [4.78, 5) is 2.40. The quantitative estimate of drug-likeness (QED) is 0.724. The standard InChI is InChI=1S/C17H30N2/c1-17(2,3)11-12-18-13-15-19(4)14-10-16-8-6-5-7-9-16/h5-9,18H,10-15H2,1-4H3. The molecule has 1 N–H and O–H groups in total. The highest BCUT2D eigenvalue weighted by Gasteiger charge is 2.08. The summed E-state index contributed by atoms with van der Waals surface area (Å²) in [6.45, 7) is 11.3. The number of hydrogen-bond donors (Lipinski definition) is 1. The molecule has 2 nitrogen and oxygen atoms in total. The summed E-state index contributed by atoms with van der Waals surface area (Å²) in [5.74, 6) is 0. The van der Waals surface area contributed by atoms with Crippen molar-refractivity contribution in [2.45, 2.75) is 33.6 Å². The Bertz CT molecular complexity index is 327. The number of rotatable bonds is 8. The molecule has 0 saturated heterocycles. The third-order valence-corrected chi connectivity index (χ3v) is 3.35. The van der Waals surface area contributed by atoms with Gasteiger partial charge in [-0.2, -0.15) is 0 Å².